The highest BCUT2D eigenvalue weighted by Crippen LogP contribution is 2.43. The summed E-state index contributed by atoms with van der Waals surface area (Å²) in [7, 11) is 0. The molecule has 1 fully saturated rings. The van der Waals surface area contributed by atoms with Crippen LogP contribution in [-0.4, -0.2) is 17.2 Å². The fraction of sp³-hybridized carbons (Fsp3) is 0.333. The summed E-state index contributed by atoms with van der Waals surface area (Å²) in [6.07, 6.45) is 1.26. The van der Waals surface area contributed by atoms with Crippen LogP contribution in [0.15, 0.2) is 60.7 Å². The first-order valence-corrected chi connectivity index (χ1v) is 8.27. The summed E-state index contributed by atoms with van der Waals surface area (Å²) in [5.74, 6) is 1.62. The van der Waals surface area contributed by atoms with Crippen molar-refractivity contribution in [3.05, 3.63) is 71.8 Å². The fourth-order valence-corrected chi connectivity index (χ4v) is 4.40. The van der Waals surface area contributed by atoms with Crippen LogP contribution >= 0.6 is 11.8 Å². The standard InChI is InChI=1S/C18H21NS/c1-18(19-13-8-14-20-18)17(15-9-4-2-5-10-15)16-11-6-3-7-12-16/h2-7,9-12,17,19H,8,13-14H2,1H3. The zero-order valence-electron chi connectivity index (χ0n) is 11.9. The quantitative estimate of drug-likeness (QED) is 0.903. The lowest BCUT2D eigenvalue weighted by atomic mass is 9.85. The molecule has 0 saturated carbocycles. The molecule has 2 heteroatoms. The summed E-state index contributed by atoms with van der Waals surface area (Å²) in [6.45, 7) is 3.46. The highest BCUT2D eigenvalue weighted by Gasteiger charge is 2.37. The van der Waals surface area contributed by atoms with Gasteiger partial charge in [-0.2, -0.15) is 0 Å². The molecule has 1 unspecified atom stereocenters. The Morgan fingerprint density at radius 2 is 1.50 bits per heavy atom. The topological polar surface area (TPSA) is 12.0 Å². The fourth-order valence-electron chi connectivity index (χ4n) is 3.05. The molecular weight excluding hydrogens is 262 g/mol. The molecule has 0 aromatic heterocycles. The van der Waals surface area contributed by atoms with Gasteiger partial charge >= 0.3 is 0 Å². The van der Waals surface area contributed by atoms with Gasteiger partial charge in [0.15, 0.2) is 0 Å². The Labute approximate surface area is 125 Å². The van der Waals surface area contributed by atoms with E-state index in [4.69, 9.17) is 0 Å². The monoisotopic (exact) mass is 283 g/mol. The molecule has 1 aliphatic heterocycles. The maximum atomic E-state index is 3.76. The van der Waals surface area contributed by atoms with Crippen LogP contribution in [0, 0.1) is 0 Å². The predicted octanol–water partition coefficient (Wildman–Crippen LogP) is 4.26. The Kier molecular flexibility index (Phi) is 4.13. The van der Waals surface area contributed by atoms with Gasteiger partial charge in [-0.25, -0.2) is 0 Å². The van der Waals surface area contributed by atoms with Crippen molar-refractivity contribution in [3.8, 4) is 0 Å². The van der Waals surface area contributed by atoms with Crippen molar-refractivity contribution < 1.29 is 0 Å². The zero-order chi connectivity index (χ0) is 13.8. The largest absolute Gasteiger partial charge is 0.302 e. The van der Waals surface area contributed by atoms with Crippen molar-refractivity contribution in [2.75, 3.05) is 12.3 Å². The molecule has 0 amide bonds. The lowest BCUT2D eigenvalue weighted by Crippen LogP contribution is -2.48. The summed E-state index contributed by atoms with van der Waals surface area (Å²) < 4.78 is 0. The lowest BCUT2D eigenvalue weighted by molar-refractivity contribution is 0.442. The van der Waals surface area contributed by atoms with Gasteiger partial charge in [0.2, 0.25) is 0 Å². The van der Waals surface area contributed by atoms with E-state index in [1.165, 1.54) is 23.3 Å². The minimum Gasteiger partial charge on any atom is -0.302 e. The molecule has 0 bridgehead atoms. The van der Waals surface area contributed by atoms with Gasteiger partial charge in [-0.3, -0.25) is 0 Å². The predicted molar refractivity (Wildman–Crippen MR) is 88.2 cm³/mol. The van der Waals surface area contributed by atoms with Crippen molar-refractivity contribution in [1.29, 1.82) is 0 Å². The molecule has 2 aromatic carbocycles. The molecule has 1 N–H and O–H groups in total. The molecule has 1 atom stereocenters. The van der Waals surface area contributed by atoms with E-state index in [2.05, 4.69) is 84.7 Å². The lowest BCUT2D eigenvalue weighted by Gasteiger charge is -2.41. The van der Waals surface area contributed by atoms with E-state index in [0.29, 0.717) is 5.92 Å². The summed E-state index contributed by atoms with van der Waals surface area (Å²) >= 11 is 2.05. The van der Waals surface area contributed by atoms with Gasteiger partial charge in [-0.1, -0.05) is 60.7 Å². The van der Waals surface area contributed by atoms with Crippen molar-refractivity contribution >= 4 is 11.8 Å². The molecule has 0 spiro atoms. The second kappa shape index (κ2) is 6.02. The Hall–Kier alpha value is -1.25. The third kappa shape index (κ3) is 2.77. The number of hydrogen-bond acceptors (Lipinski definition) is 2. The first-order valence-electron chi connectivity index (χ1n) is 7.28. The summed E-state index contributed by atoms with van der Waals surface area (Å²) in [6, 6.07) is 21.7. The van der Waals surface area contributed by atoms with Crippen LogP contribution in [0.5, 0.6) is 0 Å². The van der Waals surface area contributed by atoms with Crippen molar-refractivity contribution in [1.82, 2.24) is 5.32 Å². The smallest absolute Gasteiger partial charge is 0.0726 e. The first kappa shape index (κ1) is 13.7. The van der Waals surface area contributed by atoms with Crippen LogP contribution < -0.4 is 5.32 Å². The van der Waals surface area contributed by atoms with E-state index in [-0.39, 0.29) is 4.87 Å². The minimum atomic E-state index is 0.0704. The van der Waals surface area contributed by atoms with Crippen LogP contribution in [0.2, 0.25) is 0 Å². The maximum absolute atomic E-state index is 3.76. The molecular formula is C18H21NS. The number of thioether (sulfide) groups is 1. The molecule has 1 aliphatic rings. The third-order valence-electron chi connectivity index (χ3n) is 4.02. The first-order chi connectivity index (χ1) is 9.80. The van der Waals surface area contributed by atoms with Crippen LogP contribution in [0.25, 0.3) is 0 Å². The molecule has 0 aliphatic carbocycles. The molecule has 1 saturated heterocycles. The van der Waals surface area contributed by atoms with Gasteiger partial charge in [0.1, 0.15) is 0 Å². The highest BCUT2D eigenvalue weighted by atomic mass is 32.2. The number of hydrogen-bond donors (Lipinski definition) is 1. The maximum Gasteiger partial charge on any atom is 0.0726 e. The highest BCUT2D eigenvalue weighted by molar-refractivity contribution is 8.00. The SMILES string of the molecule is CC1(C(c2ccccc2)c2ccccc2)NCCCS1. The number of rotatable bonds is 3. The van der Waals surface area contributed by atoms with E-state index < -0.39 is 0 Å². The van der Waals surface area contributed by atoms with E-state index in [1.807, 2.05) is 0 Å². The number of benzene rings is 2. The van der Waals surface area contributed by atoms with Gasteiger partial charge in [0, 0.05) is 5.92 Å². The molecule has 20 heavy (non-hydrogen) atoms. The van der Waals surface area contributed by atoms with Gasteiger partial charge in [-0.15, -0.1) is 11.8 Å². The zero-order valence-corrected chi connectivity index (χ0v) is 12.7. The second-order valence-corrected chi connectivity index (χ2v) is 7.04. The Morgan fingerprint density at radius 3 is 1.95 bits per heavy atom. The van der Waals surface area contributed by atoms with Crippen LogP contribution in [0.3, 0.4) is 0 Å². The van der Waals surface area contributed by atoms with E-state index >= 15 is 0 Å². The minimum absolute atomic E-state index is 0.0704. The van der Waals surface area contributed by atoms with Gasteiger partial charge in [0.05, 0.1) is 4.87 Å². The Morgan fingerprint density at radius 1 is 0.950 bits per heavy atom. The van der Waals surface area contributed by atoms with Crippen LogP contribution in [-0.2, 0) is 0 Å². The summed E-state index contributed by atoms with van der Waals surface area (Å²) in [4.78, 5) is 0.0704. The van der Waals surface area contributed by atoms with Crippen LogP contribution in [0.4, 0.5) is 0 Å². The Bertz CT molecular complexity index is 492. The summed E-state index contributed by atoms with van der Waals surface area (Å²) in [5.41, 5.74) is 2.78. The van der Waals surface area contributed by atoms with Crippen molar-refractivity contribution in [3.63, 3.8) is 0 Å². The molecule has 1 nitrogen and oxygen atoms in total. The summed E-state index contributed by atoms with van der Waals surface area (Å²) in [5, 5.41) is 3.76. The van der Waals surface area contributed by atoms with Crippen molar-refractivity contribution in [2.45, 2.75) is 24.1 Å². The van der Waals surface area contributed by atoms with Gasteiger partial charge < -0.3 is 5.32 Å². The van der Waals surface area contributed by atoms with E-state index in [0.717, 1.165) is 6.54 Å². The molecule has 0 radical (unpaired) electrons. The van der Waals surface area contributed by atoms with E-state index in [1.54, 1.807) is 0 Å². The average Bonchev–Trinajstić information content (AvgIpc) is 2.50. The number of nitrogens with one attached hydrogen (secondary N) is 1. The normalized spacial score (nSPS) is 22.9. The third-order valence-corrected chi connectivity index (χ3v) is 5.49. The molecule has 1 heterocycles. The van der Waals surface area contributed by atoms with Gasteiger partial charge in [-0.05, 0) is 36.8 Å². The molecule has 2 aromatic rings. The molecule has 104 valence electrons. The Balaban J connectivity index is 2.04. The van der Waals surface area contributed by atoms with E-state index in [9.17, 15) is 0 Å². The van der Waals surface area contributed by atoms with Crippen LogP contribution in [0.1, 0.15) is 30.4 Å². The van der Waals surface area contributed by atoms with Gasteiger partial charge in [0.25, 0.3) is 0 Å². The average molecular weight is 283 g/mol. The second-order valence-electron chi connectivity index (χ2n) is 5.49. The van der Waals surface area contributed by atoms with Crippen molar-refractivity contribution in [2.24, 2.45) is 0 Å². The molecule has 3 rings (SSSR count).